The molecule has 27 heavy (non-hydrogen) atoms. The second-order valence-electron chi connectivity index (χ2n) is 6.05. The summed E-state index contributed by atoms with van der Waals surface area (Å²) in [4.78, 5) is 12.3. The third-order valence-electron chi connectivity index (χ3n) is 3.90. The third-order valence-corrected chi connectivity index (χ3v) is 5.57. The molecular weight excluding hydrogens is 436 g/mol. The summed E-state index contributed by atoms with van der Waals surface area (Å²) >= 11 is 3.30. The molecule has 0 aromatic heterocycles. The SMILES string of the molecule is CS(=O)(=O)N(CC(=O)NCC1COc2ccccc2O1)c1ccc(Br)cc1. The molecule has 0 bridgehead atoms. The first-order valence-electron chi connectivity index (χ1n) is 8.21. The molecule has 2 aromatic carbocycles. The first-order valence-corrected chi connectivity index (χ1v) is 10.9. The Labute approximate surface area is 166 Å². The van der Waals surface area contributed by atoms with Gasteiger partial charge in [0.2, 0.25) is 15.9 Å². The van der Waals surface area contributed by atoms with E-state index in [2.05, 4.69) is 21.2 Å². The van der Waals surface area contributed by atoms with Crippen LogP contribution in [0.25, 0.3) is 0 Å². The number of nitrogens with zero attached hydrogens (tertiary/aromatic N) is 1. The lowest BCUT2D eigenvalue weighted by Gasteiger charge is -2.27. The number of anilines is 1. The van der Waals surface area contributed by atoms with Crippen molar-refractivity contribution in [2.24, 2.45) is 0 Å². The highest BCUT2D eigenvalue weighted by Gasteiger charge is 2.24. The zero-order chi connectivity index (χ0) is 19.4. The van der Waals surface area contributed by atoms with Gasteiger partial charge in [-0.05, 0) is 36.4 Å². The van der Waals surface area contributed by atoms with Gasteiger partial charge in [-0.2, -0.15) is 0 Å². The summed E-state index contributed by atoms with van der Waals surface area (Å²) in [7, 11) is -3.61. The number of fused-ring (bicyclic) bond motifs is 1. The lowest BCUT2D eigenvalue weighted by atomic mass is 10.2. The maximum absolute atomic E-state index is 12.3. The van der Waals surface area contributed by atoms with E-state index >= 15 is 0 Å². The Balaban J connectivity index is 1.59. The van der Waals surface area contributed by atoms with Gasteiger partial charge in [0.05, 0.1) is 18.5 Å². The molecule has 3 rings (SSSR count). The number of rotatable bonds is 6. The maximum atomic E-state index is 12.3. The molecule has 1 heterocycles. The summed E-state index contributed by atoms with van der Waals surface area (Å²) in [6.07, 6.45) is 0.723. The molecule has 1 aliphatic heterocycles. The second-order valence-corrected chi connectivity index (χ2v) is 8.87. The van der Waals surface area contributed by atoms with Gasteiger partial charge in [-0.25, -0.2) is 8.42 Å². The molecule has 7 nitrogen and oxygen atoms in total. The molecule has 0 saturated carbocycles. The van der Waals surface area contributed by atoms with Crippen molar-refractivity contribution in [3.63, 3.8) is 0 Å². The van der Waals surface area contributed by atoms with Crippen LogP contribution >= 0.6 is 15.9 Å². The van der Waals surface area contributed by atoms with Crippen LogP contribution in [0.5, 0.6) is 11.5 Å². The van der Waals surface area contributed by atoms with E-state index in [1.54, 1.807) is 30.3 Å². The molecule has 0 spiro atoms. The van der Waals surface area contributed by atoms with Crippen LogP contribution in [-0.2, 0) is 14.8 Å². The number of hydrogen-bond donors (Lipinski definition) is 1. The standard InChI is InChI=1S/C18H19BrN2O5S/c1-27(23,24)21(14-8-6-13(19)7-9-14)11-18(22)20-10-15-12-25-16-4-2-3-5-17(16)26-15/h2-9,15H,10-12H2,1H3,(H,20,22). The van der Waals surface area contributed by atoms with Gasteiger partial charge in [0.25, 0.3) is 0 Å². The van der Waals surface area contributed by atoms with Gasteiger partial charge in [0.15, 0.2) is 11.5 Å². The number of sulfonamides is 1. The molecule has 0 aliphatic carbocycles. The smallest absolute Gasteiger partial charge is 0.240 e. The van der Waals surface area contributed by atoms with Gasteiger partial charge < -0.3 is 14.8 Å². The van der Waals surface area contributed by atoms with Crippen LogP contribution < -0.4 is 19.1 Å². The Kier molecular flexibility index (Phi) is 5.91. The molecule has 144 valence electrons. The Morgan fingerprint density at radius 1 is 1.19 bits per heavy atom. The highest BCUT2D eigenvalue weighted by atomic mass is 79.9. The van der Waals surface area contributed by atoms with Crippen molar-refractivity contribution in [2.75, 3.05) is 30.3 Å². The summed E-state index contributed by atoms with van der Waals surface area (Å²) < 4.78 is 37.4. The lowest BCUT2D eigenvalue weighted by molar-refractivity contribution is -0.120. The molecule has 9 heteroatoms. The zero-order valence-electron chi connectivity index (χ0n) is 14.6. The topological polar surface area (TPSA) is 84.9 Å². The number of hydrogen-bond acceptors (Lipinski definition) is 5. The number of para-hydroxylation sites is 2. The summed E-state index contributed by atoms with van der Waals surface area (Å²) in [6, 6.07) is 14.0. The fourth-order valence-corrected chi connectivity index (χ4v) is 3.71. The number of amides is 1. The van der Waals surface area contributed by atoms with Crippen LogP contribution in [0.1, 0.15) is 0 Å². The normalized spacial score (nSPS) is 15.9. The van der Waals surface area contributed by atoms with E-state index in [-0.39, 0.29) is 19.2 Å². The number of benzene rings is 2. The fraction of sp³-hybridized carbons (Fsp3) is 0.278. The molecule has 1 amide bonds. The molecule has 1 unspecified atom stereocenters. The van der Waals surface area contributed by atoms with Crippen molar-refractivity contribution in [2.45, 2.75) is 6.10 Å². The predicted octanol–water partition coefficient (Wildman–Crippen LogP) is 2.17. The van der Waals surface area contributed by atoms with Crippen molar-refractivity contribution in [1.82, 2.24) is 5.32 Å². The van der Waals surface area contributed by atoms with Gasteiger partial charge in [-0.15, -0.1) is 0 Å². The van der Waals surface area contributed by atoms with E-state index in [4.69, 9.17) is 9.47 Å². The molecule has 1 N–H and O–H groups in total. The van der Waals surface area contributed by atoms with Crippen LogP contribution in [0.3, 0.4) is 0 Å². The second kappa shape index (κ2) is 8.18. The molecule has 0 fully saturated rings. The molecule has 0 saturated heterocycles. The van der Waals surface area contributed by atoms with Crippen molar-refractivity contribution in [1.29, 1.82) is 0 Å². The van der Waals surface area contributed by atoms with Crippen LogP contribution in [0.15, 0.2) is 53.0 Å². The van der Waals surface area contributed by atoms with E-state index in [0.717, 1.165) is 15.0 Å². The Hall–Kier alpha value is -2.26. The van der Waals surface area contributed by atoms with Crippen molar-refractivity contribution < 1.29 is 22.7 Å². The maximum Gasteiger partial charge on any atom is 0.240 e. The minimum absolute atomic E-state index is 0.213. The van der Waals surface area contributed by atoms with Gasteiger partial charge in [0.1, 0.15) is 19.3 Å². The van der Waals surface area contributed by atoms with E-state index in [1.165, 1.54) is 0 Å². The Bertz CT molecular complexity index is 918. The lowest BCUT2D eigenvalue weighted by Crippen LogP contribution is -2.45. The number of halogens is 1. The van der Waals surface area contributed by atoms with Gasteiger partial charge in [0, 0.05) is 4.47 Å². The van der Waals surface area contributed by atoms with Crippen molar-refractivity contribution >= 4 is 37.5 Å². The van der Waals surface area contributed by atoms with Crippen molar-refractivity contribution in [3.8, 4) is 11.5 Å². The molecule has 2 aromatic rings. The number of carbonyl (C=O) groups excluding carboxylic acids is 1. The van der Waals surface area contributed by atoms with Crippen LogP contribution in [-0.4, -0.2) is 46.4 Å². The average molecular weight is 455 g/mol. The summed E-state index contributed by atoms with van der Waals surface area (Å²) in [5.41, 5.74) is 0.419. The average Bonchev–Trinajstić information content (AvgIpc) is 2.64. The highest BCUT2D eigenvalue weighted by Crippen LogP contribution is 2.30. The summed E-state index contributed by atoms with van der Waals surface area (Å²) in [6.45, 7) is 0.204. The first-order chi connectivity index (χ1) is 12.8. The zero-order valence-corrected chi connectivity index (χ0v) is 17.0. The van der Waals surface area contributed by atoms with Crippen LogP contribution in [0.2, 0.25) is 0 Å². The van der Waals surface area contributed by atoms with Gasteiger partial charge in [-0.1, -0.05) is 28.1 Å². The summed E-state index contributed by atoms with van der Waals surface area (Å²) in [5, 5.41) is 2.71. The predicted molar refractivity (Wildman–Crippen MR) is 106 cm³/mol. The van der Waals surface area contributed by atoms with Crippen LogP contribution in [0, 0.1) is 0 Å². The van der Waals surface area contributed by atoms with E-state index in [1.807, 2.05) is 18.2 Å². The highest BCUT2D eigenvalue weighted by molar-refractivity contribution is 9.10. The molecule has 1 atom stereocenters. The van der Waals surface area contributed by atoms with E-state index in [0.29, 0.717) is 23.8 Å². The largest absolute Gasteiger partial charge is 0.486 e. The van der Waals surface area contributed by atoms with Crippen molar-refractivity contribution in [3.05, 3.63) is 53.0 Å². The number of nitrogens with one attached hydrogen (secondary N) is 1. The summed E-state index contributed by atoms with van der Waals surface area (Å²) in [5.74, 6) is 0.861. The monoisotopic (exact) mass is 454 g/mol. The van der Waals surface area contributed by atoms with Gasteiger partial charge in [-0.3, -0.25) is 9.10 Å². The molecule has 0 radical (unpaired) electrons. The molecule has 1 aliphatic rings. The quantitative estimate of drug-likeness (QED) is 0.722. The van der Waals surface area contributed by atoms with E-state index < -0.39 is 15.9 Å². The number of carbonyl (C=O) groups is 1. The minimum atomic E-state index is -3.61. The fourth-order valence-electron chi connectivity index (χ4n) is 2.59. The Morgan fingerprint density at radius 3 is 2.52 bits per heavy atom. The first kappa shape index (κ1) is 19.5. The Morgan fingerprint density at radius 2 is 1.85 bits per heavy atom. The number of ether oxygens (including phenoxy) is 2. The van der Waals surface area contributed by atoms with E-state index in [9.17, 15) is 13.2 Å². The third kappa shape index (κ3) is 5.14. The van der Waals surface area contributed by atoms with Crippen LogP contribution in [0.4, 0.5) is 5.69 Å². The van der Waals surface area contributed by atoms with Gasteiger partial charge >= 0.3 is 0 Å². The minimum Gasteiger partial charge on any atom is -0.486 e. The molecular formula is C18H19BrN2O5S.